The molecule has 168 valence electrons. The average Bonchev–Trinajstić information content (AvgIpc) is 3.16. The maximum atomic E-state index is 12.0. The molecule has 7 heteroatoms. The van der Waals surface area contributed by atoms with E-state index in [1.165, 1.54) is 12.0 Å². The lowest BCUT2D eigenvalue weighted by molar-refractivity contribution is 0.165. The topological polar surface area (TPSA) is 62.8 Å². The first-order valence-corrected chi connectivity index (χ1v) is 12.1. The van der Waals surface area contributed by atoms with E-state index in [0.29, 0.717) is 11.3 Å². The number of nitrogens with zero attached hydrogens (tertiary/aromatic N) is 1. The molecule has 3 rings (SSSR count). The first-order valence-electron chi connectivity index (χ1n) is 11.2. The number of fused-ring (bicyclic) bond motifs is 1. The summed E-state index contributed by atoms with van der Waals surface area (Å²) in [6.45, 7) is 7.30. The maximum Gasteiger partial charge on any atom is 0.324 e. The third-order valence-corrected chi connectivity index (χ3v) is 7.89. The second-order valence-electron chi connectivity index (χ2n) is 8.35. The highest BCUT2D eigenvalue weighted by Crippen LogP contribution is 2.51. The van der Waals surface area contributed by atoms with Crippen LogP contribution in [0.3, 0.4) is 0 Å². The molecule has 2 N–H and O–H groups in total. The van der Waals surface area contributed by atoms with Crippen LogP contribution in [0.15, 0.2) is 18.2 Å². The van der Waals surface area contributed by atoms with Crippen molar-refractivity contribution in [2.45, 2.75) is 69.1 Å². The lowest BCUT2D eigenvalue weighted by Crippen LogP contribution is -2.48. The van der Waals surface area contributed by atoms with Gasteiger partial charge in [-0.1, -0.05) is 26.3 Å². The van der Waals surface area contributed by atoms with Crippen LogP contribution in [0, 0.1) is 0 Å². The van der Waals surface area contributed by atoms with Crippen molar-refractivity contribution >= 4 is 18.0 Å². The molecule has 1 aliphatic carbocycles. The number of hydrogen-bond acceptors (Lipinski definition) is 5. The molecule has 0 radical (unpaired) electrons. The van der Waals surface area contributed by atoms with Gasteiger partial charge in [-0.25, -0.2) is 4.79 Å². The summed E-state index contributed by atoms with van der Waals surface area (Å²) in [5, 5.41) is 3.38. The van der Waals surface area contributed by atoms with E-state index in [-0.39, 0.29) is 11.4 Å². The van der Waals surface area contributed by atoms with Gasteiger partial charge in [0.15, 0.2) is 11.5 Å². The molecule has 2 amide bonds. The van der Waals surface area contributed by atoms with Crippen molar-refractivity contribution in [2.24, 2.45) is 0 Å². The van der Waals surface area contributed by atoms with Gasteiger partial charge in [0.1, 0.15) is 0 Å². The van der Waals surface area contributed by atoms with Gasteiger partial charge >= 0.3 is 6.03 Å². The van der Waals surface area contributed by atoms with Crippen LogP contribution in [0.4, 0.5) is 4.79 Å². The standard InChI is InChI=1S/C23H37N3O3S/c1-5-7-13-24-22(27)25-30-18-10-11-23(12-14-26(6-2)21(23)16-18)17-8-9-19(28-3)20(15-17)29-4/h8-9,15,18,21H,5-7,10-14,16H2,1-4H3,(H2,24,25,27). The molecular weight excluding hydrogens is 398 g/mol. The minimum atomic E-state index is -0.0658. The van der Waals surface area contributed by atoms with Gasteiger partial charge in [0.25, 0.3) is 0 Å². The summed E-state index contributed by atoms with van der Waals surface area (Å²) in [5.74, 6) is 1.59. The van der Waals surface area contributed by atoms with Gasteiger partial charge in [-0.05, 0) is 74.8 Å². The monoisotopic (exact) mass is 435 g/mol. The molecule has 0 bridgehead atoms. The SMILES string of the molecule is CCCCNC(=O)NSC1CCC2(c3ccc(OC)c(OC)c3)CCN(CC)C2C1. The zero-order valence-corrected chi connectivity index (χ0v) is 19.6. The molecule has 1 aromatic carbocycles. The Hall–Kier alpha value is -1.60. The summed E-state index contributed by atoms with van der Waals surface area (Å²) < 4.78 is 14.1. The molecular formula is C23H37N3O3S. The Morgan fingerprint density at radius 2 is 2.03 bits per heavy atom. The van der Waals surface area contributed by atoms with Gasteiger partial charge in [-0.15, -0.1) is 0 Å². The lowest BCUT2D eigenvalue weighted by Gasteiger charge is -2.45. The van der Waals surface area contributed by atoms with Crippen molar-refractivity contribution in [2.75, 3.05) is 33.9 Å². The van der Waals surface area contributed by atoms with Crippen molar-refractivity contribution in [3.05, 3.63) is 23.8 Å². The molecule has 2 aliphatic rings. The second-order valence-corrected chi connectivity index (χ2v) is 9.45. The zero-order valence-electron chi connectivity index (χ0n) is 18.8. The number of likely N-dealkylation sites (N-methyl/N-ethyl adjacent to an activating group) is 1. The lowest BCUT2D eigenvalue weighted by atomic mass is 9.66. The first kappa shape index (κ1) is 23.1. The highest BCUT2D eigenvalue weighted by molar-refractivity contribution is 7.98. The third-order valence-electron chi connectivity index (χ3n) is 6.82. The van der Waals surface area contributed by atoms with Crippen LogP contribution >= 0.6 is 11.9 Å². The van der Waals surface area contributed by atoms with Crippen LogP contribution in [0.5, 0.6) is 11.5 Å². The van der Waals surface area contributed by atoms with E-state index in [1.807, 2.05) is 6.07 Å². The first-order chi connectivity index (χ1) is 14.6. The van der Waals surface area contributed by atoms with Crippen LogP contribution < -0.4 is 19.5 Å². The molecule has 3 unspecified atom stereocenters. The van der Waals surface area contributed by atoms with Crippen molar-refractivity contribution in [3.8, 4) is 11.5 Å². The van der Waals surface area contributed by atoms with E-state index < -0.39 is 0 Å². The summed E-state index contributed by atoms with van der Waals surface area (Å²) >= 11 is 1.60. The molecule has 0 spiro atoms. The molecule has 3 atom stereocenters. The Balaban J connectivity index is 1.71. The average molecular weight is 436 g/mol. The van der Waals surface area contributed by atoms with Gasteiger partial charge in [0, 0.05) is 23.3 Å². The number of likely N-dealkylation sites (tertiary alicyclic amines) is 1. The minimum Gasteiger partial charge on any atom is -0.493 e. The van der Waals surface area contributed by atoms with E-state index in [9.17, 15) is 4.79 Å². The summed E-state index contributed by atoms with van der Waals surface area (Å²) in [6.07, 6.45) is 6.58. The van der Waals surface area contributed by atoms with Crippen molar-refractivity contribution in [3.63, 3.8) is 0 Å². The summed E-state index contributed by atoms with van der Waals surface area (Å²) in [6, 6.07) is 6.86. The van der Waals surface area contributed by atoms with Gasteiger partial charge in [0.2, 0.25) is 0 Å². The predicted octanol–water partition coefficient (Wildman–Crippen LogP) is 4.34. The summed E-state index contributed by atoms with van der Waals surface area (Å²) in [5.41, 5.74) is 1.51. The zero-order chi connectivity index (χ0) is 21.6. The van der Waals surface area contributed by atoms with E-state index in [1.54, 1.807) is 26.2 Å². The largest absolute Gasteiger partial charge is 0.493 e. The molecule has 1 saturated carbocycles. The number of ether oxygens (including phenoxy) is 2. The number of carbonyl (C=O) groups excluding carboxylic acids is 1. The fourth-order valence-corrected chi connectivity index (χ4v) is 5.99. The van der Waals surface area contributed by atoms with Gasteiger partial charge in [-0.2, -0.15) is 0 Å². The molecule has 0 aromatic heterocycles. The minimum absolute atomic E-state index is 0.0658. The van der Waals surface area contributed by atoms with Crippen LogP contribution in [0.2, 0.25) is 0 Å². The smallest absolute Gasteiger partial charge is 0.324 e. The molecule has 1 aliphatic heterocycles. The normalized spacial score (nSPS) is 26.1. The number of hydrogen-bond donors (Lipinski definition) is 2. The fraction of sp³-hybridized carbons (Fsp3) is 0.696. The molecule has 1 aromatic rings. The quantitative estimate of drug-likeness (QED) is 0.446. The van der Waals surface area contributed by atoms with Crippen molar-refractivity contribution in [1.29, 1.82) is 0 Å². The molecule has 2 fully saturated rings. The maximum absolute atomic E-state index is 12.0. The highest BCUT2D eigenvalue weighted by atomic mass is 32.2. The fourth-order valence-electron chi connectivity index (χ4n) is 5.13. The van der Waals surface area contributed by atoms with Crippen molar-refractivity contribution in [1.82, 2.24) is 14.9 Å². The number of unbranched alkanes of at least 4 members (excludes halogenated alkanes) is 1. The van der Waals surface area contributed by atoms with E-state index in [0.717, 1.165) is 63.2 Å². The van der Waals surface area contributed by atoms with E-state index in [4.69, 9.17) is 9.47 Å². The van der Waals surface area contributed by atoms with Crippen LogP contribution in [-0.4, -0.2) is 56.1 Å². The Morgan fingerprint density at radius 3 is 2.73 bits per heavy atom. The number of benzene rings is 1. The van der Waals surface area contributed by atoms with Crippen molar-refractivity contribution < 1.29 is 14.3 Å². The number of urea groups is 1. The Labute approximate surface area is 185 Å². The van der Waals surface area contributed by atoms with Crippen LogP contribution in [0.1, 0.15) is 57.9 Å². The second kappa shape index (κ2) is 10.6. The summed E-state index contributed by atoms with van der Waals surface area (Å²) in [4.78, 5) is 14.7. The Bertz CT molecular complexity index is 717. The number of methoxy groups -OCH3 is 2. The number of carbonyl (C=O) groups is 1. The highest BCUT2D eigenvalue weighted by Gasteiger charge is 2.51. The molecule has 6 nitrogen and oxygen atoms in total. The van der Waals surface area contributed by atoms with E-state index in [2.05, 4.69) is 40.9 Å². The summed E-state index contributed by atoms with van der Waals surface area (Å²) in [7, 11) is 3.38. The molecule has 1 saturated heterocycles. The Morgan fingerprint density at radius 1 is 1.23 bits per heavy atom. The number of nitrogens with one attached hydrogen (secondary N) is 2. The van der Waals surface area contributed by atoms with Crippen LogP contribution in [0.25, 0.3) is 0 Å². The third kappa shape index (κ3) is 4.83. The Kier molecular flexibility index (Phi) is 8.17. The molecule has 30 heavy (non-hydrogen) atoms. The number of amides is 2. The molecule has 1 heterocycles. The number of rotatable bonds is 9. The van der Waals surface area contributed by atoms with Gasteiger partial charge < -0.3 is 14.8 Å². The van der Waals surface area contributed by atoms with Gasteiger partial charge in [-0.3, -0.25) is 9.62 Å². The van der Waals surface area contributed by atoms with Crippen LogP contribution in [-0.2, 0) is 5.41 Å². The predicted molar refractivity (Wildman–Crippen MR) is 124 cm³/mol. The van der Waals surface area contributed by atoms with Gasteiger partial charge in [0.05, 0.1) is 14.2 Å². The van der Waals surface area contributed by atoms with E-state index >= 15 is 0 Å².